The molecule has 2 rings (SSSR count). The second-order valence-corrected chi connectivity index (χ2v) is 7.15. The van der Waals surface area contributed by atoms with Crippen molar-refractivity contribution in [1.29, 1.82) is 0 Å². The maximum Gasteiger partial charge on any atom is 0.242 e. The molecule has 23 heavy (non-hydrogen) atoms. The first kappa shape index (κ1) is 17.3. The summed E-state index contributed by atoms with van der Waals surface area (Å²) in [4.78, 5) is 3.98. The van der Waals surface area contributed by atoms with Crippen LogP contribution >= 0.6 is 0 Å². The van der Waals surface area contributed by atoms with Crippen molar-refractivity contribution in [2.75, 3.05) is 10.5 Å². The maximum absolute atomic E-state index is 12.2. The van der Waals surface area contributed by atoms with Gasteiger partial charge in [-0.1, -0.05) is 19.8 Å². The topological polar surface area (TPSA) is 86.1 Å². The van der Waals surface area contributed by atoms with E-state index in [1.165, 1.54) is 4.68 Å². The van der Waals surface area contributed by atoms with Crippen molar-refractivity contribution in [3.05, 3.63) is 30.2 Å². The van der Waals surface area contributed by atoms with Gasteiger partial charge in [-0.2, -0.15) is 5.10 Å². The number of nitrogens with one attached hydrogen (secondary N) is 1. The number of hydrogen-bond acceptors (Lipinski definition) is 5. The fourth-order valence-electron chi connectivity index (χ4n) is 2.14. The average Bonchev–Trinajstić information content (AvgIpc) is 2.75. The monoisotopic (exact) mass is 338 g/mol. The van der Waals surface area contributed by atoms with Gasteiger partial charge in [-0.3, -0.25) is 9.71 Å². The lowest BCUT2D eigenvalue weighted by Gasteiger charge is -2.11. The van der Waals surface area contributed by atoms with Gasteiger partial charge in [0.2, 0.25) is 15.9 Å². The van der Waals surface area contributed by atoms with Gasteiger partial charge in [-0.25, -0.2) is 13.1 Å². The molecule has 0 atom stereocenters. The summed E-state index contributed by atoms with van der Waals surface area (Å²) < 4.78 is 34.3. The Labute approximate surface area is 136 Å². The molecule has 0 bridgehead atoms. The molecule has 0 aliphatic rings. The molecule has 0 aromatic carbocycles. The Kier molecular flexibility index (Phi) is 5.59. The number of hydrogen-bond donors (Lipinski definition) is 1. The van der Waals surface area contributed by atoms with Crippen LogP contribution in [0.2, 0.25) is 0 Å². The maximum atomic E-state index is 12.2. The first-order valence-corrected chi connectivity index (χ1v) is 9.20. The predicted octanol–water partition coefficient (Wildman–Crippen LogP) is 2.85. The summed E-state index contributed by atoms with van der Waals surface area (Å²) in [5.74, 6) is 0.943. The van der Waals surface area contributed by atoms with Crippen LogP contribution in [0.3, 0.4) is 0 Å². The van der Waals surface area contributed by atoms with Crippen LogP contribution in [0, 0.1) is 6.92 Å². The van der Waals surface area contributed by atoms with E-state index in [9.17, 15) is 8.42 Å². The van der Waals surface area contributed by atoms with Gasteiger partial charge in [0.25, 0.3) is 0 Å². The van der Waals surface area contributed by atoms with Crippen LogP contribution in [0.15, 0.2) is 24.5 Å². The fraction of sp³-hybridized carbons (Fsp3) is 0.467. The Morgan fingerprint density at radius 1 is 1.35 bits per heavy atom. The molecular formula is C15H22N4O3S. The first-order chi connectivity index (χ1) is 10.9. The average molecular weight is 338 g/mol. The number of anilines is 1. The third-order valence-corrected chi connectivity index (χ3v) is 4.63. The highest BCUT2D eigenvalue weighted by Crippen LogP contribution is 2.32. The minimum atomic E-state index is -3.43. The summed E-state index contributed by atoms with van der Waals surface area (Å²) in [6.45, 7) is 3.77. The van der Waals surface area contributed by atoms with Crippen LogP contribution < -0.4 is 9.46 Å². The van der Waals surface area contributed by atoms with E-state index in [2.05, 4.69) is 14.8 Å². The third-order valence-electron chi connectivity index (χ3n) is 3.29. The molecule has 0 spiro atoms. The Hall–Kier alpha value is -2.09. The minimum absolute atomic E-state index is 0.0848. The molecule has 126 valence electrons. The van der Waals surface area contributed by atoms with Gasteiger partial charge in [0.05, 0.1) is 17.6 Å². The van der Waals surface area contributed by atoms with Gasteiger partial charge >= 0.3 is 0 Å². The predicted molar refractivity (Wildman–Crippen MR) is 89.2 cm³/mol. The number of aromatic nitrogens is 3. The molecule has 0 fully saturated rings. The SMILES string of the molecule is CCCCCS(=O)(=O)Nc1c(C)nn(C)c1Oc1cccnc1. The second kappa shape index (κ2) is 7.45. The van der Waals surface area contributed by atoms with E-state index in [1.807, 2.05) is 6.92 Å². The van der Waals surface area contributed by atoms with Crippen LogP contribution in [0.25, 0.3) is 0 Å². The standard InChI is InChI=1S/C15H22N4O3S/c1-4-5-6-10-23(20,21)18-14-12(2)17-19(3)15(14)22-13-8-7-9-16-11-13/h7-9,11,18H,4-6,10H2,1-3H3. The van der Waals surface area contributed by atoms with Crippen molar-refractivity contribution in [3.63, 3.8) is 0 Å². The van der Waals surface area contributed by atoms with Crippen molar-refractivity contribution in [1.82, 2.24) is 14.8 Å². The van der Waals surface area contributed by atoms with Crippen LogP contribution in [-0.4, -0.2) is 28.9 Å². The number of pyridine rings is 1. The lowest BCUT2D eigenvalue weighted by molar-refractivity contribution is 0.430. The number of rotatable bonds is 8. The van der Waals surface area contributed by atoms with E-state index in [-0.39, 0.29) is 5.75 Å². The van der Waals surface area contributed by atoms with Crippen LogP contribution in [0.5, 0.6) is 11.6 Å². The molecule has 2 aromatic heterocycles. The molecule has 2 heterocycles. The van der Waals surface area contributed by atoms with Gasteiger partial charge in [0.1, 0.15) is 11.4 Å². The summed E-state index contributed by atoms with van der Waals surface area (Å²) in [5.41, 5.74) is 0.929. The van der Waals surface area contributed by atoms with Gasteiger partial charge in [0, 0.05) is 13.2 Å². The summed E-state index contributed by atoms with van der Waals surface area (Å²) in [5, 5.41) is 4.23. The number of nitrogens with zero attached hydrogens (tertiary/aromatic N) is 3. The van der Waals surface area contributed by atoms with Crippen molar-refractivity contribution >= 4 is 15.7 Å². The van der Waals surface area contributed by atoms with Crippen LogP contribution in [-0.2, 0) is 17.1 Å². The Morgan fingerprint density at radius 3 is 2.78 bits per heavy atom. The van der Waals surface area contributed by atoms with Crippen LogP contribution in [0.4, 0.5) is 5.69 Å². The number of aryl methyl sites for hydroxylation is 2. The molecular weight excluding hydrogens is 316 g/mol. The first-order valence-electron chi connectivity index (χ1n) is 7.55. The molecule has 0 aliphatic heterocycles. The van der Waals surface area contributed by atoms with Crippen molar-refractivity contribution in [2.45, 2.75) is 33.1 Å². The molecule has 0 unspecified atom stereocenters. The fourth-order valence-corrected chi connectivity index (χ4v) is 3.37. The number of ether oxygens (including phenoxy) is 1. The van der Waals surface area contributed by atoms with E-state index < -0.39 is 10.0 Å². The summed E-state index contributed by atoms with van der Waals surface area (Å²) in [6, 6.07) is 3.49. The smallest absolute Gasteiger partial charge is 0.242 e. The quantitative estimate of drug-likeness (QED) is 0.748. The lowest BCUT2D eigenvalue weighted by atomic mass is 10.3. The molecule has 0 saturated carbocycles. The largest absolute Gasteiger partial charge is 0.436 e. The van der Waals surface area contributed by atoms with E-state index >= 15 is 0 Å². The van der Waals surface area contributed by atoms with Gasteiger partial charge in [-0.15, -0.1) is 0 Å². The zero-order valence-electron chi connectivity index (χ0n) is 13.6. The van der Waals surface area contributed by atoms with Gasteiger partial charge < -0.3 is 4.74 Å². The molecule has 7 nitrogen and oxygen atoms in total. The van der Waals surface area contributed by atoms with E-state index in [4.69, 9.17) is 4.74 Å². The molecule has 0 aliphatic carbocycles. The van der Waals surface area contributed by atoms with Crippen LogP contribution in [0.1, 0.15) is 31.9 Å². The summed E-state index contributed by atoms with van der Waals surface area (Å²) in [7, 11) is -1.73. The zero-order chi connectivity index (χ0) is 16.9. The molecule has 0 saturated heterocycles. The molecule has 0 amide bonds. The molecule has 2 aromatic rings. The van der Waals surface area contributed by atoms with Crippen molar-refractivity contribution < 1.29 is 13.2 Å². The summed E-state index contributed by atoms with van der Waals surface area (Å²) >= 11 is 0. The molecule has 8 heteroatoms. The highest BCUT2D eigenvalue weighted by Gasteiger charge is 2.21. The Morgan fingerprint density at radius 2 is 2.13 bits per heavy atom. The zero-order valence-corrected chi connectivity index (χ0v) is 14.4. The van der Waals surface area contributed by atoms with Crippen molar-refractivity contribution in [2.24, 2.45) is 7.05 Å². The minimum Gasteiger partial charge on any atom is -0.436 e. The Bertz CT molecular complexity index is 742. The van der Waals surface area contributed by atoms with Gasteiger partial charge in [0.15, 0.2) is 0 Å². The third kappa shape index (κ3) is 4.69. The molecule has 0 radical (unpaired) electrons. The van der Waals surface area contributed by atoms with Crippen molar-refractivity contribution in [3.8, 4) is 11.6 Å². The van der Waals surface area contributed by atoms with Gasteiger partial charge in [-0.05, 0) is 25.5 Å². The highest BCUT2D eigenvalue weighted by atomic mass is 32.2. The highest BCUT2D eigenvalue weighted by molar-refractivity contribution is 7.92. The molecule has 1 N–H and O–H groups in total. The van der Waals surface area contributed by atoms with E-state index in [1.54, 1.807) is 38.5 Å². The second-order valence-electron chi connectivity index (χ2n) is 5.31. The summed E-state index contributed by atoms with van der Waals surface area (Å²) in [6.07, 6.45) is 5.67. The Balaban J connectivity index is 2.22. The van der Waals surface area contributed by atoms with E-state index in [0.717, 1.165) is 12.8 Å². The lowest BCUT2D eigenvalue weighted by Crippen LogP contribution is -2.17. The normalized spacial score (nSPS) is 11.4. The van der Waals surface area contributed by atoms with E-state index in [0.29, 0.717) is 29.4 Å². The number of sulfonamides is 1. The number of unbranched alkanes of at least 4 members (excludes halogenated alkanes) is 2.